The Morgan fingerprint density at radius 1 is 1.39 bits per heavy atom. The van der Waals surface area contributed by atoms with Crippen LogP contribution in [0.15, 0.2) is 18.2 Å². The molecule has 2 N–H and O–H groups in total. The smallest absolute Gasteiger partial charge is 0.338 e. The van der Waals surface area contributed by atoms with Crippen LogP contribution in [0.4, 0.5) is 5.69 Å². The molecule has 1 saturated carbocycles. The summed E-state index contributed by atoms with van der Waals surface area (Å²) in [6.07, 6.45) is 4.86. The third-order valence-corrected chi connectivity index (χ3v) is 3.12. The van der Waals surface area contributed by atoms with Crippen molar-refractivity contribution in [2.75, 3.05) is 12.3 Å². The number of carbonyl (C=O) groups is 1. The van der Waals surface area contributed by atoms with Crippen LogP contribution in [0.5, 0.6) is 5.75 Å². The minimum absolute atomic E-state index is 0.265. The Morgan fingerprint density at radius 2 is 2.11 bits per heavy atom. The summed E-state index contributed by atoms with van der Waals surface area (Å²) >= 11 is 0. The fourth-order valence-electron chi connectivity index (χ4n) is 2.18. The highest BCUT2D eigenvalue weighted by atomic mass is 16.5. The zero-order valence-electron chi connectivity index (χ0n) is 10.6. The van der Waals surface area contributed by atoms with E-state index >= 15 is 0 Å². The molecule has 0 amide bonds. The van der Waals surface area contributed by atoms with Crippen LogP contribution in [-0.2, 0) is 4.74 Å². The van der Waals surface area contributed by atoms with Gasteiger partial charge in [0.1, 0.15) is 5.75 Å². The zero-order valence-corrected chi connectivity index (χ0v) is 10.6. The Kier molecular flexibility index (Phi) is 4.07. The van der Waals surface area contributed by atoms with E-state index in [1.165, 1.54) is 12.8 Å². The number of rotatable bonds is 4. The number of hydrogen-bond donors (Lipinski definition) is 1. The predicted octanol–water partition coefficient (Wildman–Crippen LogP) is 2.77. The van der Waals surface area contributed by atoms with Gasteiger partial charge in [-0.25, -0.2) is 4.79 Å². The van der Waals surface area contributed by atoms with Crippen molar-refractivity contribution in [1.29, 1.82) is 0 Å². The molecule has 1 aromatic rings. The van der Waals surface area contributed by atoms with Crippen molar-refractivity contribution in [3.05, 3.63) is 23.8 Å². The van der Waals surface area contributed by atoms with Gasteiger partial charge in [-0.3, -0.25) is 0 Å². The van der Waals surface area contributed by atoms with Crippen LogP contribution in [-0.4, -0.2) is 18.7 Å². The van der Waals surface area contributed by atoms with Crippen LogP contribution in [0.25, 0.3) is 0 Å². The van der Waals surface area contributed by atoms with Crippen molar-refractivity contribution in [2.45, 2.75) is 38.7 Å². The zero-order chi connectivity index (χ0) is 13.0. The summed E-state index contributed by atoms with van der Waals surface area (Å²) < 4.78 is 10.7. The molecular weight excluding hydrogens is 230 g/mol. The molecule has 0 spiro atoms. The maximum absolute atomic E-state index is 11.5. The van der Waals surface area contributed by atoms with Crippen LogP contribution in [0.1, 0.15) is 43.0 Å². The summed E-state index contributed by atoms with van der Waals surface area (Å²) in [5.74, 6) is 0.312. The van der Waals surface area contributed by atoms with Crippen molar-refractivity contribution in [1.82, 2.24) is 0 Å². The van der Waals surface area contributed by atoms with Gasteiger partial charge >= 0.3 is 5.97 Å². The lowest BCUT2D eigenvalue weighted by Crippen LogP contribution is -2.12. The predicted molar refractivity (Wildman–Crippen MR) is 69.7 cm³/mol. The largest absolute Gasteiger partial charge is 0.488 e. The summed E-state index contributed by atoms with van der Waals surface area (Å²) in [5, 5.41) is 0. The fraction of sp³-hybridized carbons (Fsp3) is 0.500. The van der Waals surface area contributed by atoms with Crippen LogP contribution in [0.3, 0.4) is 0 Å². The molecule has 0 atom stereocenters. The van der Waals surface area contributed by atoms with Gasteiger partial charge in [-0.2, -0.15) is 0 Å². The molecule has 18 heavy (non-hydrogen) atoms. The monoisotopic (exact) mass is 249 g/mol. The molecule has 0 aromatic heterocycles. The molecule has 4 nitrogen and oxygen atoms in total. The van der Waals surface area contributed by atoms with Crippen LogP contribution in [0, 0.1) is 0 Å². The van der Waals surface area contributed by atoms with E-state index in [0.29, 0.717) is 23.6 Å². The van der Waals surface area contributed by atoms with Crippen molar-refractivity contribution in [3.8, 4) is 5.75 Å². The van der Waals surface area contributed by atoms with E-state index < -0.39 is 0 Å². The normalized spacial score (nSPS) is 15.6. The summed E-state index contributed by atoms with van der Waals surface area (Å²) in [5.41, 5.74) is 6.86. The van der Waals surface area contributed by atoms with Crippen LogP contribution in [0.2, 0.25) is 0 Å². The van der Waals surface area contributed by atoms with Gasteiger partial charge in [0.15, 0.2) is 0 Å². The van der Waals surface area contributed by atoms with Gasteiger partial charge in [0.25, 0.3) is 0 Å². The molecule has 0 saturated heterocycles. The number of nitrogen functional groups attached to an aromatic ring is 1. The third-order valence-electron chi connectivity index (χ3n) is 3.12. The van der Waals surface area contributed by atoms with Crippen LogP contribution >= 0.6 is 0 Å². The highest BCUT2D eigenvalue weighted by molar-refractivity contribution is 5.91. The first-order chi connectivity index (χ1) is 8.70. The van der Waals surface area contributed by atoms with Gasteiger partial charge in [0.2, 0.25) is 0 Å². The molecule has 1 fully saturated rings. The lowest BCUT2D eigenvalue weighted by atomic mass is 10.2. The molecule has 1 aromatic carbocycles. The van der Waals surface area contributed by atoms with E-state index in [9.17, 15) is 4.79 Å². The number of benzene rings is 1. The first-order valence-corrected chi connectivity index (χ1v) is 6.44. The van der Waals surface area contributed by atoms with E-state index in [1.54, 1.807) is 25.1 Å². The summed E-state index contributed by atoms with van der Waals surface area (Å²) in [6.45, 7) is 2.14. The number of carbonyl (C=O) groups excluding carboxylic acids is 1. The second kappa shape index (κ2) is 5.76. The first-order valence-electron chi connectivity index (χ1n) is 6.44. The van der Waals surface area contributed by atoms with Gasteiger partial charge in [-0.05, 0) is 50.8 Å². The SMILES string of the molecule is CCOC(=O)c1ccc(OC2CCCC2)c(N)c1. The van der Waals surface area contributed by atoms with Crippen molar-refractivity contribution in [2.24, 2.45) is 0 Å². The average molecular weight is 249 g/mol. The number of hydrogen-bond acceptors (Lipinski definition) is 4. The Morgan fingerprint density at radius 3 is 2.72 bits per heavy atom. The van der Waals surface area contributed by atoms with Gasteiger partial charge in [0, 0.05) is 0 Å². The standard InChI is InChI=1S/C14H19NO3/c1-2-17-14(16)10-7-8-13(12(15)9-10)18-11-5-3-4-6-11/h7-9,11H,2-6,15H2,1H3. The van der Waals surface area contributed by atoms with Crippen molar-refractivity contribution < 1.29 is 14.3 Å². The Bertz CT molecular complexity index is 425. The third kappa shape index (κ3) is 2.94. The van der Waals surface area contributed by atoms with E-state index in [4.69, 9.17) is 15.2 Å². The molecular formula is C14H19NO3. The molecule has 0 radical (unpaired) electrons. The van der Waals surface area contributed by atoms with Gasteiger partial charge in [-0.15, -0.1) is 0 Å². The van der Waals surface area contributed by atoms with Crippen molar-refractivity contribution in [3.63, 3.8) is 0 Å². The van der Waals surface area contributed by atoms with Crippen molar-refractivity contribution >= 4 is 11.7 Å². The quantitative estimate of drug-likeness (QED) is 0.658. The van der Waals surface area contributed by atoms with Gasteiger partial charge in [0.05, 0.1) is 24.0 Å². The Labute approximate surface area is 107 Å². The molecule has 2 rings (SSSR count). The fourth-order valence-corrected chi connectivity index (χ4v) is 2.18. The number of anilines is 1. The minimum Gasteiger partial charge on any atom is -0.488 e. The maximum atomic E-state index is 11.5. The highest BCUT2D eigenvalue weighted by Crippen LogP contribution is 2.28. The maximum Gasteiger partial charge on any atom is 0.338 e. The van der Waals surface area contributed by atoms with E-state index in [2.05, 4.69) is 0 Å². The Hall–Kier alpha value is -1.71. The summed E-state index contributed by atoms with van der Waals surface area (Å²) in [4.78, 5) is 11.5. The van der Waals surface area contributed by atoms with E-state index in [0.717, 1.165) is 12.8 Å². The molecule has 0 bridgehead atoms. The number of ether oxygens (including phenoxy) is 2. The molecule has 1 aliphatic carbocycles. The molecule has 0 heterocycles. The summed E-state index contributed by atoms with van der Waals surface area (Å²) in [7, 11) is 0. The lowest BCUT2D eigenvalue weighted by Gasteiger charge is -2.15. The van der Waals surface area contributed by atoms with Gasteiger partial charge < -0.3 is 15.2 Å². The molecule has 98 valence electrons. The first kappa shape index (κ1) is 12.7. The second-order valence-electron chi connectivity index (χ2n) is 4.50. The number of nitrogens with two attached hydrogens (primary N) is 1. The van der Waals surface area contributed by atoms with E-state index in [1.807, 2.05) is 0 Å². The van der Waals surface area contributed by atoms with E-state index in [-0.39, 0.29) is 12.1 Å². The topological polar surface area (TPSA) is 61.5 Å². The van der Waals surface area contributed by atoms with Crippen LogP contribution < -0.4 is 10.5 Å². The molecule has 0 unspecified atom stereocenters. The lowest BCUT2D eigenvalue weighted by molar-refractivity contribution is 0.0526. The Balaban J connectivity index is 2.06. The van der Waals surface area contributed by atoms with Gasteiger partial charge in [-0.1, -0.05) is 0 Å². The highest BCUT2D eigenvalue weighted by Gasteiger charge is 2.18. The molecule has 1 aliphatic rings. The second-order valence-corrected chi connectivity index (χ2v) is 4.50. The number of esters is 1. The summed E-state index contributed by atoms with van der Waals surface area (Å²) in [6, 6.07) is 5.06. The molecule has 0 aliphatic heterocycles. The average Bonchev–Trinajstić information content (AvgIpc) is 2.85. The molecule has 4 heteroatoms. The minimum atomic E-state index is -0.350.